The minimum Gasteiger partial charge on any atom is -0.506 e. The minimum atomic E-state index is -0.108. The molecular weight excluding hydrogens is 443 g/mol. The highest BCUT2D eigenvalue weighted by atomic mass is 35.5. The lowest BCUT2D eigenvalue weighted by molar-refractivity contribution is 0.174. The van der Waals surface area contributed by atoms with Crippen LogP contribution < -0.4 is 14.8 Å². The topological polar surface area (TPSA) is 63.6 Å². The van der Waals surface area contributed by atoms with Crippen LogP contribution in [0.1, 0.15) is 42.5 Å². The van der Waals surface area contributed by atoms with Gasteiger partial charge in [0.2, 0.25) is 6.79 Å². The van der Waals surface area contributed by atoms with Crippen LogP contribution in [0, 0.1) is 0 Å². The minimum absolute atomic E-state index is 0.0294. The highest BCUT2D eigenvalue weighted by molar-refractivity contribution is 7.15. The van der Waals surface area contributed by atoms with Gasteiger partial charge in [0.15, 0.2) is 16.6 Å². The van der Waals surface area contributed by atoms with Crippen molar-refractivity contribution >= 4 is 39.7 Å². The van der Waals surface area contributed by atoms with Crippen molar-refractivity contribution in [1.82, 2.24) is 4.98 Å². The molecule has 1 aliphatic rings. The van der Waals surface area contributed by atoms with E-state index in [1.807, 2.05) is 12.1 Å². The summed E-state index contributed by atoms with van der Waals surface area (Å²) in [5.74, 6) is 1.59. The van der Waals surface area contributed by atoms with Gasteiger partial charge in [-0.1, -0.05) is 50.0 Å². The summed E-state index contributed by atoms with van der Waals surface area (Å²) in [4.78, 5) is 6.02. The van der Waals surface area contributed by atoms with Gasteiger partial charge >= 0.3 is 0 Å². The van der Waals surface area contributed by atoms with Crippen LogP contribution in [0.4, 0.5) is 5.13 Å². The van der Waals surface area contributed by atoms with Crippen LogP contribution in [0.3, 0.4) is 0 Å². The van der Waals surface area contributed by atoms with E-state index < -0.39 is 0 Å². The van der Waals surface area contributed by atoms with Crippen molar-refractivity contribution in [2.24, 2.45) is 0 Å². The quantitative estimate of drug-likeness (QED) is 0.458. The molecule has 0 bridgehead atoms. The van der Waals surface area contributed by atoms with Crippen LogP contribution in [0.2, 0.25) is 10.0 Å². The Morgan fingerprint density at radius 1 is 1.13 bits per heavy atom. The van der Waals surface area contributed by atoms with Crippen molar-refractivity contribution in [3.8, 4) is 17.2 Å². The molecule has 0 saturated carbocycles. The van der Waals surface area contributed by atoms with Gasteiger partial charge in [-0.15, -0.1) is 11.3 Å². The van der Waals surface area contributed by atoms with Crippen LogP contribution in [0.15, 0.2) is 30.3 Å². The maximum Gasteiger partial charge on any atom is 0.231 e. The number of nitrogens with zero attached hydrogens (tertiary/aromatic N) is 1. The van der Waals surface area contributed by atoms with Gasteiger partial charge in [-0.05, 0) is 29.8 Å². The van der Waals surface area contributed by atoms with E-state index in [0.717, 1.165) is 34.3 Å². The fraction of sp³-hybridized carbons (Fsp3) is 0.318. The summed E-state index contributed by atoms with van der Waals surface area (Å²) in [5, 5.41) is 15.0. The molecule has 0 aliphatic carbocycles. The SMILES string of the molecule is CC(C)(C)c1nc(NCc2cc(Cl)cc(Cl)c2O)sc1Cc1ccc2c(c1)OCO2. The van der Waals surface area contributed by atoms with Gasteiger partial charge in [-0.25, -0.2) is 4.98 Å². The van der Waals surface area contributed by atoms with Gasteiger partial charge in [0.25, 0.3) is 0 Å². The maximum absolute atomic E-state index is 10.2. The Kier molecular flexibility index (Phi) is 5.75. The van der Waals surface area contributed by atoms with Gasteiger partial charge in [-0.3, -0.25) is 0 Å². The molecule has 0 atom stereocenters. The third kappa shape index (κ3) is 4.46. The van der Waals surface area contributed by atoms with Gasteiger partial charge < -0.3 is 19.9 Å². The van der Waals surface area contributed by atoms with E-state index in [0.29, 0.717) is 17.1 Å². The molecule has 0 amide bonds. The molecule has 5 nitrogen and oxygen atoms in total. The summed E-state index contributed by atoms with van der Waals surface area (Å²) in [6, 6.07) is 9.24. The summed E-state index contributed by atoms with van der Waals surface area (Å²) in [7, 11) is 0. The molecule has 0 fully saturated rings. The van der Waals surface area contributed by atoms with E-state index in [1.54, 1.807) is 17.4 Å². The third-order valence-electron chi connectivity index (χ3n) is 4.75. The molecule has 0 spiro atoms. The average Bonchev–Trinajstić information content (AvgIpc) is 3.29. The number of anilines is 1. The predicted molar refractivity (Wildman–Crippen MR) is 122 cm³/mol. The van der Waals surface area contributed by atoms with E-state index in [-0.39, 0.29) is 23.0 Å². The molecule has 2 N–H and O–H groups in total. The molecule has 1 aliphatic heterocycles. The number of phenols is 1. The Bertz CT molecular complexity index is 1090. The Morgan fingerprint density at radius 3 is 2.67 bits per heavy atom. The van der Waals surface area contributed by atoms with Gasteiger partial charge in [-0.2, -0.15) is 0 Å². The smallest absolute Gasteiger partial charge is 0.231 e. The highest BCUT2D eigenvalue weighted by Gasteiger charge is 2.24. The molecule has 30 heavy (non-hydrogen) atoms. The molecule has 3 aromatic rings. The number of fused-ring (bicyclic) bond motifs is 1. The van der Waals surface area contributed by atoms with Crippen molar-refractivity contribution in [1.29, 1.82) is 0 Å². The zero-order valence-corrected chi connectivity index (χ0v) is 19.2. The standard InChI is InChI=1S/C22H22Cl2N2O3S/c1-22(2,3)20-18(7-12-4-5-16-17(6-12)29-11-28-16)30-21(26-20)25-10-13-8-14(23)9-15(24)19(13)27/h4-6,8-9,27H,7,10-11H2,1-3H3,(H,25,26). The zero-order chi connectivity index (χ0) is 21.5. The monoisotopic (exact) mass is 464 g/mol. The number of halogens is 2. The van der Waals surface area contributed by atoms with Gasteiger partial charge in [0.05, 0.1) is 10.7 Å². The molecule has 0 radical (unpaired) electrons. The number of aromatic nitrogens is 1. The number of phenolic OH excluding ortho intramolecular Hbond substituents is 1. The molecule has 0 unspecified atom stereocenters. The molecule has 1 aromatic heterocycles. The summed E-state index contributed by atoms with van der Waals surface area (Å²) >= 11 is 13.7. The Hall–Kier alpha value is -2.15. The molecule has 158 valence electrons. The van der Waals surface area contributed by atoms with Crippen LogP contribution >= 0.6 is 34.5 Å². The number of rotatable bonds is 5. The largest absolute Gasteiger partial charge is 0.506 e. The average molecular weight is 465 g/mol. The van der Waals surface area contributed by atoms with Crippen molar-refractivity contribution < 1.29 is 14.6 Å². The van der Waals surface area contributed by atoms with Crippen molar-refractivity contribution in [3.05, 3.63) is 62.1 Å². The first kappa shape index (κ1) is 21.1. The fourth-order valence-electron chi connectivity index (χ4n) is 3.29. The maximum atomic E-state index is 10.2. The number of benzene rings is 2. The lowest BCUT2D eigenvalue weighted by Crippen LogP contribution is -2.14. The lowest BCUT2D eigenvalue weighted by atomic mass is 9.90. The van der Waals surface area contributed by atoms with Crippen molar-refractivity contribution in [2.75, 3.05) is 12.1 Å². The summed E-state index contributed by atoms with van der Waals surface area (Å²) < 4.78 is 10.9. The van der Waals surface area contributed by atoms with Crippen molar-refractivity contribution in [2.45, 2.75) is 39.2 Å². The second kappa shape index (κ2) is 8.17. The highest BCUT2D eigenvalue weighted by Crippen LogP contribution is 2.37. The van der Waals surface area contributed by atoms with E-state index in [4.69, 9.17) is 37.7 Å². The van der Waals surface area contributed by atoms with E-state index in [9.17, 15) is 5.11 Å². The Labute approximate surface area is 189 Å². The fourth-order valence-corrected chi connectivity index (χ4v) is 5.03. The molecule has 8 heteroatoms. The van der Waals surface area contributed by atoms with Crippen molar-refractivity contribution in [3.63, 3.8) is 0 Å². The number of hydrogen-bond acceptors (Lipinski definition) is 6. The normalized spacial score (nSPS) is 13.0. The Balaban J connectivity index is 1.58. The van der Waals surface area contributed by atoms with Gasteiger partial charge in [0, 0.05) is 33.8 Å². The lowest BCUT2D eigenvalue weighted by Gasteiger charge is -2.17. The Morgan fingerprint density at radius 2 is 1.90 bits per heavy atom. The first-order valence-corrected chi connectivity index (χ1v) is 11.1. The number of thiazole rings is 1. The second-order valence-corrected chi connectivity index (χ2v) is 10.1. The zero-order valence-electron chi connectivity index (χ0n) is 16.9. The first-order valence-electron chi connectivity index (χ1n) is 9.50. The van der Waals surface area contributed by atoms with Crippen LogP contribution in [0.25, 0.3) is 0 Å². The number of nitrogens with one attached hydrogen (secondary N) is 1. The third-order valence-corrected chi connectivity index (χ3v) is 6.27. The first-order chi connectivity index (χ1) is 14.2. The van der Waals surface area contributed by atoms with Crippen LogP contribution in [-0.4, -0.2) is 16.9 Å². The summed E-state index contributed by atoms with van der Waals surface area (Å²) in [6.45, 7) is 7.08. The predicted octanol–water partition coefficient (Wildman–Crippen LogP) is 6.38. The molecule has 4 rings (SSSR count). The molecular formula is C22H22Cl2N2O3S. The second-order valence-electron chi connectivity index (χ2n) is 8.15. The number of aromatic hydroxyl groups is 1. The van der Waals surface area contributed by atoms with Gasteiger partial charge in [0.1, 0.15) is 5.75 Å². The number of hydrogen-bond donors (Lipinski definition) is 2. The summed E-state index contributed by atoms with van der Waals surface area (Å²) in [6.07, 6.45) is 0.747. The molecule has 2 aromatic carbocycles. The van der Waals surface area contributed by atoms with Crippen LogP contribution in [-0.2, 0) is 18.4 Å². The van der Waals surface area contributed by atoms with E-state index >= 15 is 0 Å². The number of ether oxygens (including phenoxy) is 2. The molecule has 0 saturated heterocycles. The summed E-state index contributed by atoms with van der Waals surface area (Å²) in [5.41, 5.74) is 2.70. The molecule has 2 heterocycles. The van der Waals surface area contributed by atoms with Crippen LogP contribution in [0.5, 0.6) is 17.2 Å². The van der Waals surface area contributed by atoms with E-state index in [1.165, 1.54) is 10.9 Å². The van der Waals surface area contributed by atoms with E-state index in [2.05, 4.69) is 32.2 Å².